The number of hydrogen-bond donors (Lipinski definition) is 2. The molecule has 0 saturated carbocycles. The van der Waals surface area contributed by atoms with E-state index in [9.17, 15) is 18.0 Å². The average molecular weight is 459 g/mol. The molecular weight excluding hydrogens is 439 g/mol. The van der Waals surface area contributed by atoms with E-state index in [4.69, 9.17) is 14.6 Å². The second-order valence-corrected chi connectivity index (χ2v) is 7.85. The highest BCUT2D eigenvalue weighted by Crippen LogP contribution is 2.30. The molecule has 168 valence electrons. The number of carboxylic acid groups (broad SMARTS) is 1. The minimum absolute atomic E-state index is 0.0272. The van der Waals surface area contributed by atoms with Gasteiger partial charge in [0, 0.05) is 43.2 Å². The Labute approximate surface area is 179 Å². The molecule has 0 aromatic carbocycles. The lowest BCUT2D eigenvalue weighted by Crippen LogP contribution is -2.47. The van der Waals surface area contributed by atoms with Crippen LogP contribution in [0.3, 0.4) is 0 Å². The molecule has 31 heavy (non-hydrogen) atoms. The van der Waals surface area contributed by atoms with Crippen LogP contribution >= 0.6 is 11.3 Å². The minimum atomic E-state index is -5.08. The molecule has 3 atom stereocenters. The van der Waals surface area contributed by atoms with E-state index >= 15 is 0 Å². The number of rotatable bonds is 4. The number of nitrogens with one attached hydrogen (secondary N) is 1. The maximum absolute atomic E-state index is 12.4. The van der Waals surface area contributed by atoms with Gasteiger partial charge in [0.25, 0.3) is 5.91 Å². The predicted molar refractivity (Wildman–Crippen MR) is 102 cm³/mol. The van der Waals surface area contributed by atoms with Gasteiger partial charge >= 0.3 is 12.1 Å². The van der Waals surface area contributed by atoms with Gasteiger partial charge < -0.3 is 15.2 Å². The molecule has 0 aliphatic carbocycles. The molecule has 0 bridgehead atoms. The summed E-state index contributed by atoms with van der Waals surface area (Å²) in [6.45, 7) is 2.32. The summed E-state index contributed by atoms with van der Waals surface area (Å²) in [6.07, 6.45) is 3.49. The molecular formula is C18H20F3N5O4S. The monoisotopic (exact) mass is 459 g/mol. The number of carboxylic acids is 1. The smallest absolute Gasteiger partial charge is 0.475 e. The van der Waals surface area contributed by atoms with E-state index in [0.29, 0.717) is 11.7 Å². The fraction of sp³-hybridized carbons (Fsp3) is 0.500. The van der Waals surface area contributed by atoms with Crippen molar-refractivity contribution in [3.63, 3.8) is 0 Å². The van der Waals surface area contributed by atoms with Crippen molar-refractivity contribution in [1.29, 1.82) is 0 Å². The van der Waals surface area contributed by atoms with Crippen LogP contribution in [0.15, 0.2) is 30.2 Å². The lowest BCUT2D eigenvalue weighted by Gasteiger charge is -2.32. The third-order valence-electron chi connectivity index (χ3n) is 4.81. The molecule has 4 rings (SSSR count). The second kappa shape index (κ2) is 10.1. The summed E-state index contributed by atoms with van der Waals surface area (Å²) in [6, 6.07) is 0.291. The molecule has 2 saturated heterocycles. The lowest BCUT2D eigenvalue weighted by molar-refractivity contribution is -0.192. The number of carbonyl (C=O) groups is 2. The predicted octanol–water partition coefficient (Wildman–Crippen LogP) is 1.73. The molecule has 2 N–H and O–H groups in total. The van der Waals surface area contributed by atoms with E-state index in [2.05, 4.69) is 25.2 Å². The molecule has 2 aromatic heterocycles. The van der Waals surface area contributed by atoms with Crippen LogP contribution in [0, 0.1) is 0 Å². The second-order valence-electron chi connectivity index (χ2n) is 6.87. The summed E-state index contributed by atoms with van der Waals surface area (Å²) >= 11 is 1.66. The molecule has 13 heteroatoms. The molecule has 4 heterocycles. The van der Waals surface area contributed by atoms with E-state index in [1.807, 2.05) is 11.6 Å². The van der Waals surface area contributed by atoms with E-state index < -0.39 is 12.1 Å². The number of ether oxygens (including phenoxy) is 1. The summed E-state index contributed by atoms with van der Waals surface area (Å²) in [7, 11) is 0. The zero-order valence-corrected chi connectivity index (χ0v) is 17.0. The summed E-state index contributed by atoms with van der Waals surface area (Å²) in [5.41, 5.74) is 0.336. The number of thiazole rings is 1. The number of aliphatic carboxylic acids is 1. The van der Waals surface area contributed by atoms with Crippen LogP contribution in [0.5, 0.6) is 0 Å². The minimum Gasteiger partial charge on any atom is -0.475 e. The fourth-order valence-corrected chi connectivity index (χ4v) is 4.17. The highest BCUT2D eigenvalue weighted by atomic mass is 32.1. The molecule has 2 aromatic rings. The highest BCUT2D eigenvalue weighted by molar-refractivity contribution is 7.09. The third-order valence-corrected chi connectivity index (χ3v) is 5.57. The van der Waals surface area contributed by atoms with Crippen LogP contribution in [0.2, 0.25) is 0 Å². The maximum atomic E-state index is 12.4. The number of amides is 1. The Morgan fingerprint density at radius 1 is 1.29 bits per heavy atom. The number of halogens is 3. The Morgan fingerprint density at radius 3 is 2.68 bits per heavy atom. The van der Waals surface area contributed by atoms with E-state index in [1.165, 1.54) is 12.4 Å². The first-order chi connectivity index (χ1) is 14.8. The summed E-state index contributed by atoms with van der Waals surface area (Å²) in [5.74, 6) is -2.95. The number of likely N-dealkylation sites (tertiary alicyclic amines) is 1. The van der Waals surface area contributed by atoms with E-state index in [0.717, 1.165) is 37.5 Å². The molecule has 2 aliphatic rings. The average Bonchev–Trinajstić information content (AvgIpc) is 3.37. The number of fused-ring (bicyclic) bond motifs is 1. The van der Waals surface area contributed by atoms with Crippen molar-refractivity contribution >= 4 is 23.2 Å². The van der Waals surface area contributed by atoms with Gasteiger partial charge in [0.2, 0.25) is 0 Å². The summed E-state index contributed by atoms with van der Waals surface area (Å²) in [4.78, 5) is 36.1. The molecule has 2 fully saturated rings. The standard InChI is InChI=1S/C16H19N5O2S.C2HF3O2/c22-16(11-8-17-3-4-18-11)20-12-9-21(10-14-19-5-7-24-14)13-2-1-6-23-15(12)13;3-2(4,5)1(6)7/h3-5,7-8,12-13,15H,1-2,6,9-10H2,(H,20,22);(H,6,7)/t12-,13-,15-;/m0./s1. The molecule has 0 spiro atoms. The van der Waals surface area contributed by atoms with Gasteiger partial charge in [-0.3, -0.25) is 14.7 Å². The zero-order valence-electron chi connectivity index (χ0n) is 16.2. The first-order valence-electron chi connectivity index (χ1n) is 9.36. The molecule has 9 nitrogen and oxygen atoms in total. The Balaban J connectivity index is 0.000000339. The van der Waals surface area contributed by atoms with Gasteiger partial charge in [-0.2, -0.15) is 13.2 Å². The van der Waals surface area contributed by atoms with Crippen molar-refractivity contribution < 1.29 is 32.6 Å². The van der Waals surface area contributed by atoms with Gasteiger partial charge in [-0.15, -0.1) is 11.3 Å². The molecule has 0 unspecified atom stereocenters. The molecule has 1 amide bonds. The highest BCUT2D eigenvalue weighted by Gasteiger charge is 2.44. The Bertz CT molecular complexity index is 869. The van der Waals surface area contributed by atoms with Crippen molar-refractivity contribution in [2.24, 2.45) is 0 Å². The Kier molecular flexibility index (Phi) is 7.51. The number of nitrogens with zero attached hydrogens (tertiary/aromatic N) is 4. The van der Waals surface area contributed by atoms with Crippen molar-refractivity contribution in [1.82, 2.24) is 25.2 Å². The first kappa shape index (κ1) is 23.0. The largest absolute Gasteiger partial charge is 0.490 e. The van der Waals surface area contributed by atoms with Crippen LogP contribution in [0.4, 0.5) is 13.2 Å². The van der Waals surface area contributed by atoms with Crippen molar-refractivity contribution in [3.8, 4) is 0 Å². The number of alkyl halides is 3. The zero-order chi connectivity index (χ0) is 22.4. The van der Waals surface area contributed by atoms with Gasteiger partial charge in [0.15, 0.2) is 0 Å². The topological polar surface area (TPSA) is 118 Å². The molecule has 2 aliphatic heterocycles. The third kappa shape index (κ3) is 6.18. The van der Waals surface area contributed by atoms with Crippen LogP contribution in [0.1, 0.15) is 28.3 Å². The fourth-order valence-electron chi connectivity index (χ4n) is 3.53. The summed E-state index contributed by atoms with van der Waals surface area (Å²) in [5, 5.41) is 13.3. The lowest BCUT2D eigenvalue weighted by atomic mass is 10.0. The van der Waals surface area contributed by atoms with Gasteiger partial charge in [0.1, 0.15) is 10.7 Å². The van der Waals surface area contributed by atoms with E-state index in [-0.39, 0.29) is 18.1 Å². The number of carbonyl (C=O) groups excluding carboxylic acids is 1. The normalized spacial score (nSPS) is 23.4. The Hall–Kier alpha value is -2.64. The van der Waals surface area contributed by atoms with Crippen LogP contribution < -0.4 is 5.32 Å². The van der Waals surface area contributed by atoms with Crippen LogP contribution in [-0.4, -0.2) is 74.4 Å². The Morgan fingerprint density at radius 2 is 2.06 bits per heavy atom. The quantitative estimate of drug-likeness (QED) is 0.710. The van der Waals surface area contributed by atoms with Crippen LogP contribution in [-0.2, 0) is 16.1 Å². The van der Waals surface area contributed by atoms with Gasteiger partial charge in [0.05, 0.1) is 24.9 Å². The van der Waals surface area contributed by atoms with Gasteiger partial charge in [-0.1, -0.05) is 0 Å². The van der Waals surface area contributed by atoms with E-state index in [1.54, 1.807) is 17.5 Å². The van der Waals surface area contributed by atoms with Crippen molar-refractivity contribution in [2.75, 3.05) is 13.2 Å². The molecule has 0 radical (unpaired) electrons. The SMILES string of the molecule is O=C(N[C@H]1CN(Cc2nccs2)[C@H]2CCCO[C@@H]12)c1cnccn1.O=C(O)C(F)(F)F. The van der Waals surface area contributed by atoms with Gasteiger partial charge in [-0.05, 0) is 12.8 Å². The number of aromatic nitrogens is 3. The van der Waals surface area contributed by atoms with Crippen molar-refractivity contribution in [3.05, 3.63) is 40.9 Å². The summed E-state index contributed by atoms with van der Waals surface area (Å²) < 4.78 is 37.7. The number of hydrogen-bond acceptors (Lipinski definition) is 8. The maximum Gasteiger partial charge on any atom is 0.490 e. The van der Waals surface area contributed by atoms with Gasteiger partial charge in [-0.25, -0.2) is 14.8 Å². The van der Waals surface area contributed by atoms with Crippen molar-refractivity contribution in [2.45, 2.75) is 43.8 Å². The first-order valence-corrected chi connectivity index (χ1v) is 10.2. The van der Waals surface area contributed by atoms with Crippen LogP contribution in [0.25, 0.3) is 0 Å².